The minimum Gasteiger partial charge on any atom is -0.490 e. The lowest BCUT2D eigenvalue weighted by molar-refractivity contribution is 0.155. The van der Waals surface area contributed by atoms with E-state index in [-0.39, 0.29) is 0 Å². The molecule has 1 aromatic carbocycles. The van der Waals surface area contributed by atoms with E-state index in [1.54, 1.807) is 11.8 Å². The average molecular weight is 265 g/mol. The number of hydrogen-bond acceptors (Lipinski definition) is 3. The molecule has 1 fully saturated rings. The third-order valence-corrected chi connectivity index (χ3v) is 4.06. The molecule has 0 saturated heterocycles. The summed E-state index contributed by atoms with van der Waals surface area (Å²) in [6.45, 7) is 1.10. The first kappa shape index (κ1) is 13.8. The number of benzene rings is 1. The van der Waals surface area contributed by atoms with Crippen molar-refractivity contribution in [1.29, 1.82) is 0 Å². The van der Waals surface area contributed by atoms with Crippen LogP contribution in [-0.4, -0.2) is 37.9 Å². The minimum atomic E-state index is 0.393. The topological polar surface area (TPSA) is 12.5 Å². The quantitative estimate of drug-likeness (QED) is 0.700. The molecule has 1 aliphatic rings. The van der Waals surface area contributed by atoms with Gasteiger partial charge in [0.2, 0.25) is 0 Å². The van der Waals surface area contributed by atoms with Crippen LogP contribution in [0.4, 0.5) is 0 Å². The lowest BCUT2D eigenvalue weighted by Gasteiger charge is -2.21. The number of thioether (sulfide) groups is 1. The fraction of sp³-hybridized carbons (Fsp3) is 0.600. The minimum absolute atomic E-state index is 0.393. The first-order valence-electron chi connectivity index (χ1n) is 6.64. The first-order chi connectivity index (χ1) is 8.69. The lowest BCUT2D eigenvalue weighted by atomic mass is 10.1. The van der Waals surface area contributed by atoms with Gasteiger partial charge in [-0.25, -0.2) is 0 Å². The van der Waals surface area contributed by atoms with E-state index >= 15 is 0 Å². The fourth-order valence-electron chi connectivity index (χ4n) is 2.09. The van der Waals surface area contributed by atoms with Crippen LogP contribution in [0.3, 0.4) is 0 Å². The smallest absolute Gasteiger partial charge is 0.120 e. The summed E-state index contributed by atoms with van der Waals surface area (Å²) in [6, 6.07) is 8.43. The molecule has 0 amide bonds. The van der Waals surface area contributed by atoms with Crippen LogP contribution >= 0.6 is 11.8 Å². The monoisotopic (exact) mass is 265 g/mol. The van der Waals surface area contributed by atoms with E-state index in [0.717, 1.165) is 24.6 Å². The Labute approximate surface area is 115 Å². The number of rotatable bonds is 7. The van der Waals surface area contributed by atoms with E-state index in [1.165, 1.54) is 17.7 Å². The van der Waals surface area contributed by atoms with Gasteiger partial charge in [-0.2, -0.15) is 0 Å². The van der Waals surface area contributed by atoms with Gasteiger partial charge in [0.25, 0.3) is 0 Å². The van der Waals surface area contributed by atoms with Crippen LogP contribution in [0, 0.1) is 5.92 Å². The van der Waals surface area contributed by atoms with Gasteiger partial charge in [-0.05, 0) is 63.7 Å². The van der Waals surface area contributed by atoms with Crippen molar-refractivity contribution in [2.45, 2.75) is 30.3 Å². The maximum absolute atomic E-state index is 6.19. The summed E-state index contributed by atoms with van der Waals surface area (Å²) in [5.41, 5.74) is 0. The van der Waals surface area contributed by atoms with Crippen molar-refractivity contribution in [3.8, 4) is 5.75 Å². The van der Waals surface area contributed by atoms with E-state index in [1.807, 2.05) is 0 Å². The van der Waals surface area contributed by atoms with Gasteiger partial charge < -0.3 is 9.64 Å². The summed E-state index contributed by atoms with van der Waals surface area (Å²) in [5.74, 6) is 1.81. The van der Waals surface area contributed by atoms with Gasteiger partial charge in [0.1, 0.15) is 11.9 Å². The van der Waals surface area contributed by atoms with Crippen molar-refractivity contribution in [2.24, 2.45) is 5.92 Å². The molecule has 0 heterocycles. The van der Waals surface area contributed by atoms with Crippen molar-refractivity contribution >= 4 is 11.8 Å². The Bertz CT molecular complexity index is 377. The molecule has 1 saturated carbocycles. The molecule has 2 rings (SSSR count). The highest BCUT2D eigenvalue weighted by Crippen LogP contribution is 2.36. The van der Waals surface area contributed by atoms with E-state index < -0.39 is 0 Å². The Kier molecular flexibility index (Phi) is 4.95. The molecule has 100 valence electrons. The van der Waals surface area contributed by atoms with E-state index in [2.05, 4.69) is 49.5 Å². The number of hydrogen-bond donors (Lipinski definition) is 0. The Morgan fingerprint density at radius 1 is 1.39 bits per heavy atom. The second kappa shape index (κ2) is 6.48. The summed E-state index contributed by atoms with van der Waals surface area (Å²) in [7, 11) is 4.25. The third-order valence-electron chi connectivity index (χ3n) is 3.34. The van der Waals surface area contributed by atoms with Gasteiger partial charge in [0.15, 0.2) is 0 Å². The molecule has 3 heteroatoms. The van der Waals surface area contributed by atoms with Gasteiger partial charge in [-0.15, -0.1) is 11.8 Å². The Hall–Kier alpha value is -0.670. The molecular formula is C15H23NOS. The molecule has 0 radical (unpaired) electrons. The van der Waals surface area contributed by atoms with E-state index in [9.17, 15) is 0 Å². The summed E-state index contributed by atoms with van der Waals surface area (Å²) >= 11 is 1.76. The maximum atomic E-state index is 6.19. The van der Waals surface area contributed by atoms with Crippen LogP contribution in [0.25, 0.3) is 0 Å². The van der Waals surface area contributed by atoms with Crippen LogP contribution in [0.1, 0.15) is 19.3 Å². The predicted octanol–water partition coefficient (Wildman–Crippen LogP) is 3.52. The van der Waals surface area contributed by atoms with Crippen molar-refractivity contribution in [2.75, 3.05) is 26.9 Å². The number of nitrogens with zero attached hydrogens (tertiary/aromatic N) is 1. The summed E-state index contributed by atoms with van der Waals surface area (Å²) in [5, 5.41) is 0. The zero-order valence-corrected chi connectivity index (χ0v) is 12.4. The highest BCUT2D eigenvalue weighted by molar-refractivity contribution is 7.98. The van der Waals surface area contributed by atoms with Crippen LogP contribution in [0.2, 0.25) is 0 Å². The van der Waals surface area contributed by atoms with Gasteiger partial charge in [0, 0.05) is 11.4 Å². The van der Waals surface area contributed by atoms with E-state index in [4.69, 9.17) is 4.74 Å². The largest absolute Gasteiger partial charge is 0.490 e. The Morgan fingerprint density at radius 3 is 2.78 bits per heavy atom. The van der Waals surface area contributed by atoms with Gasteiger partial charge in [-0.3, -0.25) is 0 Å². The van der Waals surface area contributed by atoms with Crippen molar-refractivity contribution in [3.63, 3.8) is 0 Å². The molecule has 1 aliphatic carbocycles. The molecule has 1 atom stereocenters. The zero-order valence-electron chi connectivity index (χ0n) is 11.6. The molecule has 0 spiro atoms. The average Bonchev–Trinajstić information content (AvgIpc) is 3.18. The van der Waals surface area contributed by atoms with Gasteiger partial charge in [0.05, 0.1) is 0 Å². The Morgan fingerprint density at radius 2 is 2.17 bits per heavy atom. The molecule has 0 aliphatic heterocycles. The van der Waals surface area contributed by atoms with Gasteiger partial charge >= 0.3 is 0 Å². The molecule has 18 heavy (non-hydrogen) atoms. The Balaban J connectivity index is 1.94. The molecule has 0 bridgehead atoms. The summed E-state index contributed by atoms with van der Waals surface area (Å²) in [4.78, 5) is 3.51. The standard InChI is InChI=1S/C15H23NOS/c1-16(2)10-9-15(12-7-8-12)17-13-5-4-6-14(11-13)18-3/h4-6,11-12,15H,7-10H2,1-3H3. The molecule has 0 N–H and O–H groups in total. The number of ether oxygens (including phenoxy) is 1. The SMILES string of the molecule is CSc1cccc(OC(CCN(C)C)C2CC2)c1. The molecule has 0 aromatic heterocycles. The third kappa shape index (κ3) is 4.21. The van der Waals surface area contributed by atoms with Gasteiger partial charge in [-0.1, -0.05) is 6.07 Å². The highest BCUT2D eigenvalue weighted by atomic mass is 32.2. The predicted molar refractivity (Wildman–Crippen MR) is 78.5 cm³/mol. The van der Waals surface area contributed by atoms with E-state index in [0.29, 0.717) is 6.10 Å². The van der Waals surface area contributed by atoms with Crippen LogP contribution in [0.5, 0.6) is 5.75 Å². The summed E-state index contributed by atoms with van der Waals surface area (Å²) in [6.07, 6.45) is 6.29. The van der Waals surface area contributed by atoms with Crippen LogP contribution < -0.4 is 4.74 Å². The first-order valence-corrected chi connectivity index (χ1v) is 7.87. The lowest BCUT2D eigenvalue weighted by Crippen LogP contribution is -2.25. The molecule has 1 unspecified atom stereocenters. The van der Waals surface area contributed by atoms with Crippen LogP contribution in [0.15, 0.2) is 29.2 Å². The van der Waals surface area contributed by atoms with Crippen molar-refractivity contribution in [3.05, 3.63) is 24.3 Å². The van der Waals surface area contributed by atoms with Crippen molar-refractivity contribution in [1.82, 2.24) is 4.90 Å². The highest BCUT2D eigenvalue weighted by Gasteiger charge is 2.32. The normalized spacial score (nSPS) is 16.9. The molecule has 2 nitrogen and oxygen atoms in total. The molecular weight excluding hydrogens is 242 g/mol. The second-order valence-corrected chi connectivity index (χ2v) is 6.14. The van der Waals surface area contributed by atoms with Crippen molar-refractivity contribution < 1.29 is 4.74 Å². The molecule has 1 aromatic rings. The maximum Gasteiger partial charge on any atom is 0.120 e. The fourth-order valence-corrected chi connectivity index (χ4v) is 2.54. The zero-order chi connectivity index (χ0) is 13.0. The van der Waals surface area contributed by atoms with Crippen LogP contribution in [-0.2, 0) is 0 Å². The second-order valence-electron chi connectivity index (χ2n) is 5.26. The summed E-state index contributed by atoms with van der Waals surface area (Å²) < 4.78 is 6.19.